The van der Waals surface area contributed by atoms with Gasteiger partial charge in [0.25, 0.3) is 0 Å². The second-order valence-electron chi connectivity index (χ2n) is 12.2. The van der Waals surface area contributed by atoms with Crippen LogP contribution in [0.4, 0.5) is 11.4 Å². The van der Waals surface area contributed by atoms with E-state index >= 15 is 0 Å². The van der Waals surface area contributed by atoms with Gasteiger partial charge in [-0.1, -0.05) is 51.1 Å². The summed E-state index contributed by atoms with van der Waals surface area (Å²) in [5.74, 6) is -2.09. The van der Waals surface area contributed by atoms with E-state index in [1.807, 2.05) is 24.3 Å². The molecule has 3 fully saturated rings. The number of amides is 2. The average Bonchev–Trinajstić information content (AvgIpc) is 3.33. The molecule has 2 aromatic rings. The first-order valence-corrected chi connectivity index (χ1v) is 15.5. The fourth-order valence-corrected chi connectivity index (χ4v) is 7.16. The third-order valence-electron chi connectivity index (χ3n) is 9.15. The van der Waals surface area contributed by atoms with Crippen LogP contribution in [-0.2, 0) is 18.8 Å². The quantitative estimate of drug-likeness (QED) is 0.343. The molecular weight excluding hydrogens is 472 g/mol. The number of anilines is 1. The first-order valence-electron chi connectivity index (χ1n) is 12.6. The van der Waals surface area contributed by atoms with Crippen molar-refractivity contribution in [3.63, 3.8) is 0 Å². The van der Waals surface area contributed by atoms with Crippen molar-refractivity contribution in [2.75, 3.05) is 11.5 Å². The molecule has 3 aliphatic rings. The Bertz CT molecular complexity index is 1310. The van der Waals surface area contributed by atoms with Gasteiger partial charge < -0.3 is 14.3 Å². The molecule has 2 aromatic carbocycles. The van der Waals surface area contributed by atoms with Crippen LogP contribution in [0.1, 0.15) is 40.5 Å². The maximum atomic E-state index is 14.0. The standard InChI is InChI=1S/C28H34N2O5Si/c1-26(2,3)36(6,7)34-15-14-28-16-21(31)27(4,35-28)22-23(28)25(33)30(24(22)32)20-13-12-19(29-5)17-10-8-9-11-18(17)20/h8-13,21-23,31H,14-16H2,1-4,6-7H3/t21-,22-,23+,27?,28?/m1/s1. The van der Waals surface area contributed by atoms with E-state index in [1.165, 1.54) is 4.90 Å². The van der Waals surface area contributed by atoms with Gasteiger partial charge in [-0.15, -0.1) is 0 Å². The number of fused-ring (bicyclic) bond motifs is 6. The molecule has 0 saturated carbocycles. The van der Waals surface area contributed by atoms with Gasteiger partial charge in [-0.05, 0) is 48.3 Å². The molecule has 0 aromatic heterocycles. The molecule has 2 amide bonds. The molecule has 5 rings (SSSR count). The lowest BCUT2D eigenvalue weighted by Gasteiger charge is -2.38. The number of nitrogens with zero attached hydrogens (tertiary/aromatic N) is 2. The van der Waals surface area contributed by atoms with Crippen molar-refractivity contribution in [2.45, 2.75) is 76.0 Å². The predicted octanol–water partition coefficient (Wildman–Crippen LogP) is 5.20. The third kappa shape index (κ3) is 3.33. The highest BCUT2D eigenvalue weighted by atomic mass is 28.4. The minimum absolute atomic E-state index is 0.0436. The molecule has 2 bridgehead atoms. The molecule has 3 aliphatic heterocycles. The highest BCUT2D eigenvalue weighted by Gasteiger charge is 2.77. The van der Waals surface area contributed by atoms with E-state index in [2.05, 4.69) is 38.7 Å². The Morgan fingerprint density at radius 1 is 1.14 bits per heavy atom. The van der Waals surface area contributed by atoms with Gasteiger partial charge >= 0.3 is 0 Å². The highest BCUT2D eigenvalue weighted by molar-refractivity contribution is 6.74. The van der Waals surface area contributed by atoms with E-state index in [0.29, 0.717) is 41.6 Å². The van der Waals surface area contributed by atoms with E-state index in [-0.39, 0.29) is 16.9 Å². The van der Waals surface area contributed by atoms with Crippen LogP contribution in [0.25, 0.3) is 15.6 Å². The van der Waals surface area contributed by atoms with Gasteiger partial charge in [0.05, 0.1) is 35.8 Å². The zero-order chi connectivity index (χ0) is 26.3. The molecule has 190 valence electrons. The molecule has 3 heterocycles. The van der Waals surface area contributed by atoms with Crippen LogP contribution < -0.4 is 4.90 Å². The topological polar surface area (TPSA) is 80.4 Å². The summed E-state index contributed by atoms with van der Waals surface area (Å²) in [6, 6.07) is 10.7. The minimum Gasteiger partial charge on any atom is -0.417 e. The highest BCUT2D eigenvalue weighted by Crippen LogP contribution is 2.62. The smallest absolute Gasteiger partial charge is 0.240 e. The second-order valence-corrected chi connectivity index (χ2v) is 17.0. The summed E-state index contributed by atoms with van der Waals surface area (Å²) in [5.41, 5.74) is -1.13. The van der Waals surface area contributed by atoms with Crippen LogP contribution in [0.15, 0.2) is 36.4 Å². The lowest BCUT2D eigenvalue weighted by atomic mass is 9.66. The maximum absolute atomic E-state index is 14.0. The van der Waals surface area contributed by atoms with Crippen molar-refractivity contribution in [3.8, 4) is 0 Å². The van der Waals surface area contributed by atoms with Crippen molar-refractivity contribution in [1.29, 1.82) is 0 Å². The number of aliphatic hydroxyl groups excluding tert-OH is 1. The Morgan fingerprint density at radius 2 is 1.78 bits per heavy atom. The zero-order valence-electron chi connectivity index (χ0n) is 21.8. The van der Waals surface area contributed by atoms with Gasteiger partial charge in [-0.25, -0.2) is 9.74 Å². The summed E-state index contributed by atoms with van der Waals surface area (Å²) in [5, 5.41) is 12.4. The largest absolute Gasteiger partial charge is 0.417 e. The number of imide groups is 1. The average molecular weight is 507 g/mol. The number of carbonyl (C=O) groups excluding carboxylic acids is 2. The molecule has 8 heteroatoms. The summed E-state index contributed by atoms with van der Waals surface area (Å²) in [7, 11) is -2.02. The van der Waals surface area contributed by atoms with Crippen LogP contribution >= 0.6 is 0 Å². The number of hydrogen-bond donors (Lipinski definition) is 1. The van der Waals surface area contributed by atoms with Crippen molar-refractivity contribution >= 4 is 42.3 Å². The van der Waals surface area contributed by atoms with Crippen LogP contribution in [0.3, 0.4) is 0 Å². The molecule has 36 heavy (non-hydrogen) atoms. The van der Waals surface area contributed by atoms with E-state index in [9.17, 15) is 14.7 Å². The van der Waals surface area contributed by atoms with Crippen molar-refractivity contribution in [1.82, 2.24) is 0 Å². The van der Waals surface area contributed by atoms with Gasteiger partial charge in [-0.3, -0.25) is 9.59 Å². The Kier molecular flexibility index (Phi) is 5.55. The molecular formula is C28H34N2O5Si. The first kappa shape index (κ1) is 25.1. The molecule has 3 saturated heterocycles. The monoisotopic (exact) mass is 506 g/mol. The number of rotatable bonds is 5. The Labute approximate surface area is 213 Å². The van der Waals surface area contributed by atoms with Crippen LogP contribution in [0.5, 0.6) is 0 Å². The third-order valence-corrected chi connectivity index (χ3v) is 13.7. The number of ether oxygens (including phenoxy) is 1. The normalized spacial score (nSPS) is 31.8. The molecule has 5 atom stereocenters. The molecule has 0 radical (unpaired) electrons. The maximum Gasteiger partial charge on any atom is 0.240 e. The summed E-state index contributed by atoms with van der Waals surface area (Å²) in [4.78, 5) is 32.8. The molecule has 1 N–H and O–H groups in total. The fraction of sp³-hybridized carbons (Fsp3) is 0.536. The van der Waals surface area contributed by atoms with Gasteiger partial charge in [0, 0.05) is 13.0 Å². The zero-order valence-corrected chi connectivity index (χ0v) is 22.8. The van der Waals surface area contributed by atoms with Crippen molar-refractivity contribution < 1.29 is 23.9 Å². The second kappa shape index (κ2) is 7.96. The Balaban J connectivity index is 1.52. The first-order chi connectivity index (χ1) is 16.8. The lowest BCUT2D eigenvalue weighted by Crippen LogP contribution is -2.50. The summed E-state index contributed by atoms with van der Waals surface area (Å²) >= 11 is 0. The summed E-state index contributed by atoms with van der Waals surface area (Å²) < 4.78 is 12.9. The Hall–Kier alpha value is -2.57. The molecule has 2 unspecified atom stereocenters. The molecule has 0 spiro atoms. The van der Waals surface area contributed by atoms with E-state index in [0.717, 1.165) is 0 Å². The SMILES string of the molecule is [C-]#[N+]c1ccc(N2C(=O)[C@@H]3[C@H](C2=O)C2(C)OC3(CCO[Si](C)(C)C(C)(C)C)C[C@H]2O)c2ccccc12. The Morgan fingerprint density at radius 3 is 2.42 bits per heavy atom. The van der Waals surface area contributed by atoms with E-state index in [4.69, 9.17) is 15.7 Å². The number of hydrogen-bond acceptors (Lipinski definition) is 5. The van der Waals surface area contributed by atoms with Gasteiger partial charge in [0.2, 0.25) is 11.8 Å². The molecule has 7 nitrogen and oxygen atoms in total. The predicted molar refractivity (Wildman–Crippen MR) is 140 cm³/mol. The van der Waals surface area contributed by atoms with Gasteiger partial charge in [-0.2, -0.15) is 0 Å². The van der Waals surface area contributed by atoms with Crippen LogP contribution in [0, 0.1) is 18.4 Å². The fourth-order valence-electron chi connectivity index (χ4n) is 6.12. The van der Waals surface area contributed by atoms with Crippen LogP contribution in [0.2, 0.25) is 18.1 Å². The summed E-state index contributed by atoms with van der Waals surface area (Å²) in [6.45, 7) is 20.6. The van der Waals surface area contributed by atoms with E-state index < -0.39 is 37.5 Å². The minimum atomic E-state index is -2.02. The molecule has 0 aliphatic carbocycles. The van der Waals surface area contributed by atoms with E-state index in [1.54, 1.807) is 19.1 Å². The van der Waals surface area contributed by atoms with Crippen LogP contribution in [-0.4, -0.2) is 49.2 Å². The number of carbonyl (C=O) groups is 2. The van der Waals surface area contributed by atoms with Crippen molar-refractivity contribution in [3.05, 3.63) is 47.8 Å². The number of aliphatic hydroxyl groups is 1. The van der Waals surface area contributed by atoms with Crippen molar-refractivity contribution in [2.24, 2.45) is 11.8 Å². The van der Waals surface area contributed by atoms with Gasteiger partial charge in [0.1, 0.15) is 5.60 Å². The lowest BCUT2D eigenvalue weighted by molar-refractivity contribution is -0.134. The number of benzene rings is 2. The van der Waals surface area contributed by atoms with Gasteiger partial charge in [0.15, 0.2) is 14.0 Å². The summed E-state index contributed by atoms with van der Waals surface area (Å²) in [6.07, 6.45) is -0.0996.